The number of alkyl halides is 8. The summed E-state index contributed by atoms with van der Waals surface area (Å²) in [6.45, 7) is 2.05. The maximum absolute atomic E-state index is 13.1. The van der Waals surface area contributed by atoms with Gasteiger partial charge in [0.25, 0.3) is 0 Å². The molecular formula is C13H20F7I. The monoisotopic (exact) mass is 436 g/mol. The molecule has 0 amide bonds. The van der Waals surface area contributed by atoms with Gasteiger partial charge in [-0.15, -0.1) is 0 Å². The molecule has 8 heteroatoms. The summed E-state index contributed by atoms with van der Waals surface area (Å²) in [6, 6.07) is 0. The summed E-state index contributed by atoms with van der Waals surface area (Å²) in [7, 11) is 0. The number of rotatable bonds is 10. The van der Waals surface area contributed by atoms with Gasteiger partial charge in [0.1, 0.15) is 0 Å². The van der Waals surface area contributed by atoms with Crippen molar-refractivity contribution in [2.75, 3.05) is 0 Å². The second-order valence-electron chi connectivity index (χ2n) is 5.13. The van der Waals surface area contributed by atoms with E-state index < -0.39 is 28.4 Å². The summed E-state index contributed by atoms with van der Waals surface area (Å²) in [5.41, 5.74) is 0. The van der Waals surface area contributed by atoms with Gasteiger partial charge in [0.05, 0.1) is 0 Å². The largest absolute Gasteiger partial charge is 0.459 e. The van der Waals surface area contributed by atoms with E-state index in [1.807, 2.05) is 6.92 Å². The number of halogens is 8. The maximum Gasteiger partial charge on any atom is 0.459 e. The lowest BCUT2D eigenvalue weighted by molar-refractivity contribution is -0.355. The molecule has 0 radical (unpaired) electrons. The van der Waals surface area contributed by atoms with Crippen molar-refractivity contribution < 1.29 is 30.7 Å². The highest BCUT2D eigenvalue weighted by Gasteiger charge is 2.72. The van der Waals surface area contributed by atoms with E-state index in [4.69, 9.17) is 0 Å². The van der Waals surface area contributed by atoms with Gasteiger partial charge in [-0.05, 0) is 6.42 Å². The molecule has 0 bridgehead atoms. The Bertz CT molecular complexity index is 289. The molecule has 0 aromatic rings. The molecule has 128 valence electrons. The number of unbranched alkanes of at least 4 members (excludes halogenated alkanes) is 5. The fourth-order valence-corrected chi connectivity index (χ4v) is 2.86. The highest BCUT2D eigenvalue weighted by Crippen LogP contribution is 2.49. The minimum atomic E-state index is -6.23. The van der Waals surface area contributed by atoms with Gasteiger partial charge in [-0.3, -0.25) is 0 Å². The van der Waals surface area contributed by atoms with Crippen molar-refractivity contribution in [2.24, 2.45) is 0 Å². The van der Waals surface area contributed by atoms with Crippen LogP contribution in [0.3, 0.4) is 0 Å². The van der Waals surface area contributed by atoms with Crippen LogP contribution in [-0.2, 0) is 0 Å². The average Bonchev–Trinajstić information content (AvgIpc) is 2.31. The van der Waals surface area contributed by atoms with Crippen LogP contribution in [0.1, 0.15) is 58.3 Å². The number of hydrogen-bond acceptors (Lipinski definition) is 0. The van der Waals surface area contributed by atoms with Gasteiger partial charge in [0.15, 0.2) is 0 Å². The van der Waals surface area contributed by atoms with E-state index in [2.05, 4.69) is 0 Å². The van der Waals surface area contributed by atoms with Crippen molar-refractivity contribution in [3.05, 3.63) is 0 Å². The molecule has 0 aliphatic rings. The Morgan fingerprint density at radius 1 is 0.810 bits per heavy atom. The Kier molecular flexibility index (Phi) is 8.86. The van der Waals surface area contributed by atoms with E-state index >= 15 is 0 Å². The first-order valence-electron chi connectivity index (χ1n) is 6.92. The summed E-state index contributed by atoms with van der Waals surface area (Å²) in [4.78, 5) is 0. The third-order valence-electron chi connectivity index (χ3n) is 3.16. The molecule has 0 aromatic carbocycles. The molecule has 0 rings (SSSR count). The molecule has 0 heterocycles. The quantitative estimate of drug-likeness (QED) is 0.154. The zero-order chi connectivity index (χ0) is 16.7. The molecule has 0 spiro atoms. The Hall–Kier alpha value is 0.240. The normalized spacial score (nSPS) is 15.3. The summed E-state index contributed by atoms with van der Waals surface area (Å²) < 4.78 is 86.7. The zero-order valence-corrected chi connectivity index (χ0v) is 13.9. The van der Waals surface area contributed by atoms with Crippen LogP contribution in [0.5, 0.6) is 0 Å². The number of hydrogen-bond donors (Lipinski definition) is 0. The van der Waals surface area contributed by atoms with Gasteiger partial charge in [0, 0.05) is 10.3 Å². The topological polar surface area (TPSA) is 0 Å². The van der Waals surface area contributed by atoms with Gasteiger partial charge >= 0.3 is 18.0 Å². The smallest absolute Gasteiger partial charge is 0.199 e. The minimum absolute atomic E-state index is 0.218. The summed E-state index contributed by atoms with van der Waals surface area (Å²) >= 11 is 1.52. The molecule has 0 aliphatic heterocycles. The molecule has 0 aliphatic carbocycles. The predicted octanol–water partition coefficient (Wildman–Crippen LogP) is 6.76. The van der Waals surface area contributed by atoms with E-state index in [9.17, 15) is 30.7 Å². The third-order valence-corrected chi connectivity index (χ3v) is 4.23. The molecule has 0 N–H and O–H groups in total. The first-order chi connectivity index (χ1) is 9.45. The van der Waals surface area contributed by atoms with Gasteiger partial charge in [-0.25, -0.2) is 0 Å². The summed E-state index contributed by atoms with van der Waals surface area (Å²) in [5.74, 6) is -11.1. The van der Waals surface area contributed by atoms with Crippen LogP contribution in [0.15, 0.2) is 0 Å². The van der Waals surface area contributed by atoms with Gasteiger partial charge in [0.2, 0.25) is 0 Å². The summed E-state index contributed by atoms with van der Waals surface area (Å²) in [6.07, 6.45) is -2.06. The van der Waals surface area contributed by atoms with Crippen molar-refractivity contribution in [1.82, 2.24) is 0 Å². The molecular weight excluding hydrogens is 416 g/mol. The second-order valence-corrected chi connectivity index (χ2v) is 6.90. The van der Waals surface area contributed by atoms with Crippen LogP contribution in [0, 0.1) is 0 Å². The van der Waals surface area contributed by atoms with Gasteiger partial charge in [-0.1, -0.05) is 68.0 Å². The molecule has 0 saturated heterocycles. The van der Waals surface area contributed by atoms with Crippen molar-refractivity contribution in [3.8, 4) is 0 Å². The third kappa shape index (κ3) is 6.90. The van der Waals surface area contributed by atoms with Crippen LogP contribution >= 0.6 is 22.6 Å². The molecule has 0 saturated carbocycles. The van der Waals surface area contributed by atoms with Gasteiger partial charge < -0.3 is 0 Å². The lowest BCUT2D eigenvalue weighted by Gasteiger charge is -2.29. The molecule has 0 aromatic heterocycles. The van der Waals surface area contributed by atoms with Crippen LogP contribution in [-0.4, -0.2) is 21.9 Å². The molecule has 1 atom stereocenters. The van der Waals surface area contributed by atoms with Gasteiger partial charge in [-0.2, -0.15) is 30.7 Å². The highest BCUT2D eigenvalue weighted by atomic mass is 127. The van der Waals surface area contributed by atoms with Crippen molar-refractivity contribution in [1.29, 1.82) is 0 Å². The average molecular weight is 436 g/mol. The highest BCUT2D eigenvalue weighted by molar-refractivity contribution is 14.1. The van der Waals surface area contributed by atoms with E-state index in [1.54, 1.807) is 0 Å². The first kappa shape index (κ1) is 21.2. The van der Waals surface area contributed by atoms with Crippen LogP contribution in [0.4, 0.5) is 30.7 Å². The predicted molar refractivity (Wildman–Crippen MR) is 76.4 cm³/mol. The van der Waals surface area contributed by atoms with Crippen LogP contribution in [0.25, 0.3) is 0 Å². The van der Waals surface area contributed by atoms with Crippen molar-refractivity contribution >= 4 is 22.6 Å². The van der Waals surface area contributed by atoms with Crippen molar-refractivity contribution in [2.45, 2.75) is 80.2 Å². The van der Waals surface area contributed by atoms with Crippen LogP contribution in [0.2, 0.25) is 0 Å². The van der Waals surface area contributed by atoms with E-state index in [0.29, 0.717) is 6.42 Å². The fraction of sp³-hybridized carbons (Fsp3) is 1.00. The van der Waals surface area contributed by atoms with Crippen molar-refractivity contribution in [3.63, 3.8) is 0 Å². The Morgan fingerprint density at radius 3 is 1.76 bits per heavy atom. The summed E-state index contributed by atoms with van der Waals surface area (Å²) in [5, 5.41) is 0. The Labute approximate surface area is 134 Å². The SMILES string of the molecule is CCCCCCCCC(I)CC(F)(F)C(F)(F)C(F)(F)F. The standard InChI is InChI=1S/C13H20F7I/c1-2-3-4-5-6-7-8-10(21)9-11(14,15)12(16,17)13(18,19)20/h10H,2-9H2,1H3. The molecule has 0 nitrogen and oxygen atoms in total. The lowest BCUT2D eigenvalue weighted by atomic mass is 10.0. The van der Waals surface area contributed by atoms with Crippen LogP contribution < -0.4 is 0 Å². The molecule has 1 unspecified atom stereocenters. The van der Waals surface area contributed by atoms with E-state index in [0.717, 1.165) is 32.1 Å². The molecule has 0 fully saturated rings. The van der Waals surface area contributed by atoms with E-state index in [-0.39, 0.29) is 6.42 Å². The minimum Gasteiger partial charge on any atom is -0.199 e. The lowest BCUT2D eigenvalue weighted by Crippen LogP contribution is -2.52. The Morgan fingerprint density at radius 2 is 1.29 bits per heavy atom. The first-order valence-corrected chi connectivity index (χ1v) is 8.16. The van der Waals surface area contributed by atoms with E-state index in [1.165, 1.54) is 22.6 Å². The second kappa shape index (κ2) is 8.76. The zero-order valence-electron chi connectivity index (χ0n) is 11.8. The maximum atomic E-state index is 13.1. The Balaban J connectivity index is 4.21. The molecule has 21 heavy (non-hydrogen) atoms. The fourth-order valence-electron chi connectivity index (χ4n) is 1.86.